The number of nitrogens with zero attached hydrogens (tertiary/aromatic N) is 1. The van der Waals surface area contributed by atoms with Crippen LogP contribution in [0.5, 0.6) is 0 Å². The summed E-state index contributed by atoms with van der Waals surface area (Å²) in [5.74, 6) is 6.29. The Morgan fingerprint density at radius 3 is 2.83 bits per heavy atom. The second kappa shape index (κ2) is 5.55. The van der Waals surface area contributed by atoms with Crippen LogP contribution in [-0.2, 0) is 7.05 Å². The second-order valence-electron chi connectivity index (χ2n) is 4.36. The summed E-state index contributed by atoms with van der Waals surface area (Å²) < 4.78 is 2.00. The maximum absolute atomic E-state index is 11.3. The molecular formula is C16H17NO. The Labute approximate surface area is 108 Å². The molecule has 18 heavy (non-hydrogen) atoms. The van der Waals surface area contributed by atoms with Gasteiger partial charge in [0.25, 0.3) is 0 Å². The highest BCUT2D eigenvalue weighted by Crippen LogP contribution is 2.23. The number of hydrogen-bond donors (Lipinski definition) is 0. The molecule has 0 aliphatic rings. The van der Waals surface area contributed by atoms with E-state index in [0.717, 1.165) is 42.1 Å². The smallest absolute Gasteiger partial charge is 0.153 e. The fraction of sp³-hybridized carbons (Fsp3) is 0.312. The predicted molar refractivity (Wildman–Crippen MR) is 74.7 cm³/mol. The topological polar surface area (TPSA) is 22.0 Å². The second-order valence-corrected chi connectivity index (χ2v) is 4.36. The highest BCUT2D eigenvalue weighted by atomic mass is 16.1. The van der Waals surface area contributed by atoms with Gasteiger partial charge in [-0.25, -0.2) is 0 Å². The molecule has 0 radical (unpaired) electrons. The van der Waals surface area contributed by atoms with E-state index in [2.05, 4.69) is 18.8 Å². The molecule has 0 N–H and O–H groups in total. The molecule has 0 fully saturated rings. The quantitative estimate of drug-likeness (QED) is 0.456. The molecule has 0 spiro atoms. The third-order valence-corrected chi connectivity index (χ3v) is 3.13. The number of carbonyl (C=O) groups excluding carboxylic acids is 1. The number of aromatic nitrogens is 1. The van der Waals surface area contributed by atoms with Gasteiger partial charge in [0.05, 0.1) is 5.56 Å². The number of carbonyl (C=O) groups is 1. The minimum absolute atomic E-state index is 0.706. The Morgan fingerprint density at radius 2 is 2.11 bits per heavy atom. The lowest BCUT2D eigenvalue weighted by molar-refractivity contribution is 0.112. The molecule has 2 rings (SSSR count). The molecule has 92 valence electrons. The van der Waals surface area contributed by atoms with Gasteiger partial charge in [0.15, 0.2) is 6.29 Å². The number of unbranched alkanes of at least 4 members (excludes halogenated alkanes) is 2. The fourth-order valence-corrected chi connectivity index (χ4v) is 2.10. The predicted octanol–water partition coefficient (Wildman–Crippen LogP) is 3.53. The van der Waals surface area contributed by atoms with E-state index in [9.17, 15) is 4.79 Å². The molecule has 0 atom stereocenters. The zero-order chi connectivity index (χ0) is 13.0. The molecule has 2 aromatic rings. The van der Waals surface area contributed by atoms with Crippen molar-refractivity contribution in [3.8, 4) is 11.8 Å². The molecule has 0 aliphatic carbocycles. The lowest BCUT2D eigenvalue weighted by atomic mass is 10.1. The first-order valence-electron chi connectivity index (χ1n) is 6.31. The molecule has 1 heterocycles. The Kier molecular flexibility index (Phi) is 3.84. The van der Waals surface area contributed by atoms with E-state index in [1.54, 1.807) is 0 Å². The number of aldehydes is 1. The highest BCUT2D eigenvalue weighted by Gasteiger charge is 2.11. The molecule has 0 saturated carbocycles. The number of fused-ring (bicyclic) bond motifs is 1. The van der Waals surface area contributed by atoms with Crippen molar-refractivity contribution in [2.24, 2.45) is 7.05 Å². The van der Waals surface area contributed by atoms with Gasteiger partial charge in [-0.15, -0.1) is 0 Å². The van der Waals surface area contributed by atoms with Gasteiger partial charge in [-0.05, 0) is 18.4 Å². The Bertz CT molecular complexity index is 626. The van der Waals surface area contributed by atoms with Gasteiger partial charge < -0.3 is 4.57 Å². The van der Waals surface area contributed by atoms with Crippen molar-refractivity contribution in [3.63, 3.8) is 0 Å². The number of rotatable bonds is 3. The number of benzene rings is 1. The van der Waals surface area contributed by atoms with Crippen LogP contribution in [-0.4, -0.2) is 10.9 Å². The highest BCUT2D eigenvalue weighted by molar-refractivity contribution is 6.00. The minimum Gasteiger partial charge on any atom is -0.337 e. The fourth-order valence-electron chi connectivity index (χ4n) is 2.10. The Balaban J connectivity index is 2.51. The van der Waals surface area contributed by atoms with Crippen molar-refractivity contribution in [1.82, 2.24) is 4.57 Å². The molecule has 0 unspecified atom stereocenters. The molecule has 0 bridgehead atoms. The lowest BCUT2D eigenvalue weighted by Gasteiger charge is -1.96. The SMILES string of the molecule is CCCCC#Cc1c(C=O)c2ccccc2n1C. The first-order chi connectivity index (χ1) is 8.79. The standard InChI is InChI=1S/C16H17NO/c1-3-4-5-6-10-16-14(12-18)13-9-7-8-11-15(13)17(16)2/h7-9,11-12H,3-5H2,1-2H3. The summed E-state index contributed by atoms with van der Waals surface area (Å²) in [6, 6.07) is 7.91. The van der Waals surface area contributed by atoms with Crippen molar-refractivity contribution in [2.75, 3.05) is 0 Å². The van der Waals surface area contributed by atoms with Gasteiger partial charge in [-0.1, -0.05) is 37.5 Å². The van der Waals surface area contributed by atoms with Crippen LogP contribution >= 0.6 is 0 Å². The average Bonchev–Trinajstić information content (AvgIpc) is 2.68. The van der Waals surface area contributed by atoms with Crippen LogP contribution in [0.25, 0.3) is 10.9 Å². The van der Waals surface area contributed by atoms with E-state index in [-0.39, 0.29) is 0 Å². The number of aryl methyl sites for hydroxylation is 1. The van der Waals surface area contributed by atoms with Gasteiger partial charge in [-0.2, -0.15) is 0 Å². The van der Waals surface area contributed by atoms with Gasteiger partial charge in [0.1, 0.15) is 5.69 Å². The van der Waals surface area contributed by atoms with Crippen LogP contribution in [0.15, 0.2) is 24.3 Å². The third kappa shape index (κ3) is 2.17. The van der Waals surface area contributed by atoms with Gasteiger partial charge in [-0.3, -0.25) is 4.79 Å². The van der Waals surface area contributed by atoms with E-state index < -0.39 is 0 Å². The zero-order valence-electron chi connectivity index (χ0n) is 10.9. The van der Waals surface area contributed by atoms with Crippen LogP contribution in [0.4, 0.5) is 0 Å². The first kappa shape index (κ1) is 12.4. The van der Waals surface area contributed by atoms with Crippen LogP contribution in [0.1, 0.15) is 42.2 Å². The Morgan fingerprint density at radius 1 is 1.33 bits per heavy atom. The van der Waals surface area contributed by atoms with E-state index >= 15 is 0 Å². The molecule has 0 aliphatic heterocycles. The molecule has 1 aromatic carbocycles. The minimum atomic E-state index is 0.706. The van der Waals surface area contributed by atoms with Crippen molar-refractivity contribution >= 4 is 17.2 Å². The summed E-state index contributed by atoms with van der Waals surface area (Å²) >= 11 is 0. The zero-order valence-corrected chi connectivity index (χ0v) is 10.9. The van der Waals surface area contributed by atoms with Crippen LogP contribution < -0.4 is 0 Å². The maximum Gasteiger partial charge on any atom is 0.153 e. The van der Waals surface area contributed by atoms with Crippen molar-refractivity contribution in [1.29, 1.82) is 0 Å². The van der Waals surface area contributed by atoms with Crippen molar-refractivity contribution in [3.05, 3.63) is 35.5 Å². The lowest BCUT2D eigenvalue weighted by Crippen LogP contribution is -1.93. The third-order valence-electron chi connectivity index (χ3n) is 3.13. The van der Waals surface area contributed by atoms with Gasteiger partial charge >= 0.3 is 0 Å². The summed E-state index contributed by atoms with van der Waals surface area (Å²) in [5, 5.41) is 0.981. The van der Waals surface area contributed by atoms with Crippen LogP contribution in [0, 0.1) is 11.8 Å². The molecule has 2 heteroatoms. The summed E-state index contributed by atoms with van der Waals surface area (Å²) in [7, 11) is 1.96. The molecule has 1 aromatic heterocycles. The van der Waals surface area contributed by atoms with Crippen LogP contribution in [0.3, 0.4) is 0 Å². The number of hydrogen-bond acceptors (Lipinski definition) is 1. The summed E-state index contributed by atoms with van der Waals surface area (Å²) in [6.07, 6.45) is 4.04. The maximum atomic E-state index is 11.3. The van der Waals surface area contributed by atoms with E-state index in [1.807, 2.05) is 35.9 Å². The van der Waals surface area contributed by atoms with Gasteiger partial charge in [0, 0.05) is 24.4 Å². The summed E-state index contributed by atoms with van der Waals surface area (Å²) in [4.78, 5) is 11.3. The molecule has 0 saturated heterocycles. The van der Waals surface area contributed by atoms with Crippen molar-refractivity contribution < 1.29 is 4.79 Å². The van der Waals surface area contributed by atoms with E-state index in [0.29, 0.717) is 5.56 Å². The normalized spacial score (nSPS) is 10.1. The van der Waals surface area contributed by atoms with Crippen LogP contribution in [0.2, 0.25) is 0 Å². The van der Waals surface area contributed by atoms with E-state index in [4.69, 9.17) is 0 Å². The average molecular weight is 239 g/mol. The van der Waals surface area contributed by atoms with E-state index in [1.165, 1.54) is 0 Å². The Hall–Kier alpha value is -2.01. The molecule has 0 amide bonds. The molecular weight excluding hydrogens is 222 g/mol. The molecule has 2 nitrogen and oxygen atoms in total. The monoisotopic (exact) mass is 239 g/mol. The number of para-hydroxylation sites is 1. The summed E-state index contributed by atoms with van der Waals surface area (Å²) in [5.41, 5.74) is 2.58. The van der Waals surface area contributed by atoms with Crippen molar-refractivity contribution in [2.45, 2.75) is 26.2 Å². The van der Waals surface area contributed by atoms with Gasteiger partial charge in [0.2, 0.25) is 0 Å². The summed E-state index contributed by atoms with van der Waals surface area (Å²) in [6.45, 7) is 2.15. The largest absolute Gasteiger partial charge is 0.337 e. The first-order valence-corrected chi connectivity index (χ1v) is 6.31.